The molecule has 0 spiro atoms. The Morgan fingerprint density at radius 1 is 1.08 bits per heavy atom. The first-order valence-corrected chi connectivity index (χ1v) is 13.4. The number of sulfonamides is 1. The number of rotatable bonds is 7. The number of nitrogens with one attached hydrogen (secondary N) is 2. The Morgan fingerprint density at radius 3 is 2.58 bits per heavy atom. The largest absolute Gasteiger partial charge is 0.457 e. The Morgan fingerprint density at radius 2 is 1.87 bits per heavy atom. The number of aryl methyl sites for hydroxylation is 2. The Balaban J connectivity index is 1.42. The molecule has 0 saturated carbocycles. The zero-order valence-electron chi connectivity index (χ0n) is 20.7. The van der Waals surface area contributed by atoms with Crippen molar-refractivity contribution in [1.29, 1.82) is 0 Å². The molecule has 0 saturated heterocycles. The molecule has 0 aliphatic rings. The standard InChI is InChI=1S/C27H24FN5O4S/c1-15-9-17-11-24(31-23(17)13-22(15)32-38(3,35)36)26(34)21-14-30-33(27(21)29)19-7-8-25(16(2)10-19)37-20-6-4-5-18(28)12-20/h4-14,31-32H,29H2,1-3H3. The fraction of sp³-hybridized carbons (Fsp3) is 0.111. The predicted molar refractivity (Wildman–Crippen MR) is 144 cm³/mol. The maximum atomic E-state index is 13.5. The number of hydrogen-bond donors (Lipinski definition) is 3. The van der Waals surface area contributed by atoms with Crippen LogP contribution in [0.15, 0.2) is 66.9 Å². The quantitative estimate of drug-likeness (QED) is 0.250. The van der Waals surface area contributed by atoms with Gasteiger partial charge in [0.15, 0.2) is 0 Å². The summed E-state index contributed by atoms with van der Waals surface area (Å²) in [6, 6.07) is 16.2. The first-order chi connectivity index (χ1) is 18.0. The number of nitrogen functional groups attached to an aromatic ring is 1. The highest BCUT2D eigenvalue weighted by molar-refractivity contribution is 7.92. The Kier molecular flexibility index (Phi) is 6.15. The predicted octanol–water partition coefficient (Wildman–Crippen LogP) is 5.09. The first-order valence-electron chi connectivity index (χ1n) is 11.5. The number of benzene rings is 3. The van der Waals surface area contributed by atoms with E-state index >= 15 is 0 Å². The topological polar surface area (TPSA) is 132 Å². The second-order valence-corrected chi connectivity index (χ2v) is 10.8. The van der Waals surface area contributed by atoms with E-state index in [1.165, 1.54) is 23.0 Å². The molecule has 3 aromatic carbocycles. The lowest BCUT2D eigenvalue weighted by molar-refractivity contribution is 0.103. The van der Waals surface area contributed by atoms with E-state index in [9.17, 15) is 17.6 Å². The summed E-state index contributed by atoms with van der Waals surface area (Å²) in [4.78, 5) is 16.4. The SMILES string of the molecule is Cc1cc2cc(C(=O)c3cnn(-c4ccc(Oc5cccc(F)c5)c(C)c4)c3N)[nH]c2cc1NS(C)(=O)=O. The van der Waals surface area contributed by atoms with Crippen LogP contribution >= 0.6 is 0 Å². The monoisotopic (exact) mass is 533 g/mol. The van der Waals surface area contributed by atoms with Gasteiger partial charge >= 0.3 is 0 Å². The van der Waals surface area contributed by atoms with Crippen molar-refractivity contribution in [2.45, 2.75) is 13.8 Å². The number of hydrogen-bond acceptors (Lipinski definition) is 6. The van der Waals surface area contributed by atoms with Crippen LogP contribution in [0.3, 0.4) is 0 Å². The number of nitrogens with two attached hydrogens (primary N) is 1. The fourth-order valence-corrected chi connectivity index (χ4v) is 4.77. The maximum Gasteiger partial charge on any atom is 0.229 e. The molecular formula is C27H24FN5O4S. The normalized spacial score (nSPS) is 11.6. The van der Waals surface area contributed by atoms with Crippen molar-refractivity contribution < 1.29 is 22.3 Å². The molecule has 0 radical (unpaired) electrons. The van der Waals surface area contributed by atoms with Crippen LogP contribution in [0.5, 0.6) is 11.5 Å². The van der Waals surface area contributed by atoms with E-state index in [2.05, 4.69) is 14.8 Å². The van der Waals surface area contributed by atoms with Crippen LogP contribution in [0.2, 0.25) is 0 Å². The van der Waals surface area contributed by atoms with E-state index in [1.54, 1.807) is 55.5 Å². The highest BCUT2D eigenvalue weighted by Crippen LogP contribution is 2.30. The minimum absolute atomic E-state index is 0.155. The molecule has 0 amide bonds. The van der Waals surface area contributed by atoms with Crippen molar-refractivity contribution >= 4 is 38.2 Å². The van der Waals surface area contributed by atoms with Crippen molar-refractivity contribution in [2.24, 2.45) is 0 Å². The van der Waals surface area contributed by atoms with Crippen molar-refractivity contribution in [3.05, 3.63) is 95.1 Å². The lowest BCUT2D eigenvalue weighted by atomic mass is 10.1. The molecule has 0 unspecified atom stereocenters. The number of H-pyrrole nitrogens is 1. The number of nitrogens with zero attached hydrogens (tertiary/aromatic N) is 2. The second kappa shape index (κ2) is 9.34. The lowest BCUT2D eigenvalue weighted by Crippen LogP contribution is -2.10. The van der Waals surface area contributed by atoms with E-state index in [0.29, 0.717) is 34.0 Å². The molecule has 194 valence electrons. The third kappa shape index (κ3) is 4.96. The van der Waals surface area contributed by atoms with E-state index in [4.69, 9.17) is 10.5 Å². The third-order valence-corrected chi connectivity index (χ3v) is 6.57. The van der Waals surface area contributed by atoms with Gasteiger partial charge in [0.05, 0.1) is 35.1 Å². The molecule has 2 aromatic heterocycles. The number of carbonyl (C=O) groups is 1. The molecule has 9 nitrogen and oxygen atoms in total. The van der Waals surface area contributed by atoms with Crippen LogP contribution in [-0.2, 0) is 10.0 Å². The van der Waals surface area contributed by atoms with Crippen LogP contribution in [0.4, 0.5) is 15.9 Å². The van der Waals surface area contributed by atoms with Gasteiger partial charge in [0.25, 0.3) is 0 Å². The number of ketones is 1. The van der Waals surface area contributed by atoms with E-state index < -0.39 is 15.8 Å². The number of aromatic nitrogens is 3. The van der Waals surface area contributed by atoms with Gasteiger partial charge in [-0.1, -0.05) is 6.07 Å². The van der Waals surface area contributed by atoms with Crippen molar-refractivity contribution in [3.8, 4) is 17.2 Å². The number of anilines is 2. The summed E-state index contributed by atoms with van der Waals surface area (Å²) in [5, 5.41) is 5.06. The summed E-state index contributed by atoms with van der Waals surface area (Å²) < 4.78 is 46.5. The molecule has 5 aromatic rings. The fourth-order valence-electron chi connectivity index (χ4n) is 4.15. The molecule has 38 heavy (non-hydrogen) atoms. The molecule has 0 bridgehead atoms. The lowest BCUT2D eigenvalue weighted by Gasteiger charge is -2.11. The Hall–Kier alpha value is -4.64. The molecule has 5 rings (SSSR count). The van der Waals surface area contributed by atoms with Gasteiger partial charge in [-0.3, -0.25) is 9.52 Å². The number of ether oxygens (including phenoxy) is 1. The van der Waals surface area contributed by atoms with E-state index in [1.807, 2.05) is 6.92 Å². The summed E-state index contributed by atoms with van der Waals surface area (Å²) >= 11 is 0. The minimum Gasteiger partial charge on any atom is -0.457 e. The van der Waals surface area contributed by atoms with Gasteiger partial charge in [0, 0.05) is 17.0 Å². The molecule has 0 atom stereocenters. The van der Waals surface area contributed by atoms with Gasteiger partial charge in [-0.2, -0.15) is 5.10 Å². The van der Waals surface area contributed by atoms with Gasteiger partial charge in [0.2, 0.25) is 15.8 Å². The van der Waals surface area contributed by atoms with Gasteiger partial charge in [-0.15, -0.1) is 0 Å². The third-order valence-electron chi connectivity index (χ3n) is 5.98. The Labute approximate surface area is 218 Å². The summed E-state index contributed by atoms with van der Waals surface area (Å²) in [7, 11) is -3.45. The molecule has 2 heterocycles. The molecule has 4 N–H and O–H groups in total. The van der Waals surface area contributed by atoms with Crippen LogP contribution in [0.1, 0.15) is 27.2 Å². The van der Waals surface area contributed by atoms with Crippen LogP contribution in [0.25, 0.3) is 16.6 Å². The number of carbonyl (C=O) groups excluding carboxylic acids is 1. The second-order valence-electron chi connectivity index (χ2n) is 9.01. The smallest absolute Gasteiger partial charge is 0.229 e. The average molecular weight is 534 g/mol. The number of aromatic amines is 1. The molecule has 0 aliphatic carbocycles. The van der Waals surface area contributed by atoms with Gasteiger partial charge in [0.1, 0.15) is 23.1 Å². The van der Waals surface area contributed by atoms with Crippen LogP contribution < -0.4 is 15.2 Å². The highest BCUT2D eigenvalue weighted by Gasteiger charge is 2.20. The summed E-state index contributed by atoms with van der Waals surface area (Å²) in [6.45, 7) is 3.61. The van der Waals surface area contributed by atoms with Crippen molar-refractivity contribution in [3.63, 3.8) is 0 Å². The first kappa shape index (κ1) is 25.0. The molecule has 0 fully saturated rings. The van der Waals surface area contributed by atoms with Gasteiger partial charge in [-0.25, -0.2) is 17.5 Å². The summed E-state index contributed by atoms with van der Waals surface area (Å²) in [6.07, 6.45) is 2.48. The zero-order chi connectivity index (χ0) is 27.2. The zero-order valence-corrected chi connectivity index (χ0v) is 21.6. The van der Waals surface area contributed by atoms with Crippen molar-refractivity contribution in [2.75, 3.05) is 16.7 Å². The van der Waals surface area contributed by atoms with Crippen LogP contribution in [0, 0.1) is 19.7 Å². The summed E-state index contributed by atoms with van der Waals surface area (Å²) in [5.41, 5.74) is 9.95. The summed E-state index contributed by atoms with van der Waals surface area (Å²) in [5.74, 6) is 0.319. The molecular weight excluding hydrogens is 509 g/mol. The number of halogens is 1. The van der Waals surface area contributed by atoms with Gasteiger partial charge in [-0.05, 0) is 73.5 Å². The molecule has 11 heteroatoms. The average Bonchev–Trinajstić information content (AvgIpc) is 3.42. The molecule has 0 aliphatic heterocycles. The highest BCUT2D eigenvalue weighted by atomic mass is 32.2. The van der Waals surface area contributed by atoms with Crippen molar-refractivity contribution in [1.82, 2.24) is 14.8 Å². The van der Waals surface area contributed by atoms with E-state index in [-0.39, 0.29) is 22.9 Å². The minimum atomic E-state index is -3.45. The van der Waals surface area contributed by atoms with Crippen LogP contribution in [-0.4, -0.2) is 35.2 Å². The Bertz CT molecular complexity index is 1820. The van der Waals surface area contributed by atoms with Gasteiger partial charge < -0.3 is 15.5 Å². The number of fused-ring (bicyclic) bond motifs is 1. The van der Waals surface area contributed by atoms with E-state index in [0.717, 1.165) is 17.2 Å². The maximum absolute atomic E-state index is 13.5.